The van der Waals surface area contributed by atoms with E-state index in [1.807, 2.05) is 30.3 Å². The van der Waals surface area contributed by atoms with Crippen LogP contribution in [0.3, 0.4) is 0 Å². The minimum absolute atomic E-state index is 0.187. The van der Waals surface area contributed by atoms with Crippen LogP contribution >= 0.6 is 0 Å². The molecule has 3 heterocycles. The Balaban J connectivity index is 1.32. The minimum atomic E-state index is -0.363. The van der Waals surface area contributed by atoms with Gasteiger partial charge in [-0.1, -0.05) is 12.1 Å². The Morgan fingerprint density at radius 2 is 1.82 bits per heavy atom. The summed E-state index contributed by atoms with van der Waals surface area (Å²) in [5.41, 5.74) is 3.52. The maximum absolute atomic E-state index is 12.3. The lowest BCUT2D eigenvalue weighted by molar-refractivity contribution is 0.174. The van der Waals surface area contributed by atoms with Gasteiger partial charge in [-0.3, -0.25) is 0 Å². The molecule has 138 valence electrons. The van der Waals surface area contributed by atoms with Crippen LogP contribution in [0.15, 0.2) is 60.9 Å². The number of ether oxygens (including phenoxy) is 2. The van der Waals surface area contributed by atoms with E-state index in [1.165, 1.54) is 0 Å². The molecule has 2 aromatic heterocycles. The van der Waals surface area contributed by atoms with Crippen molar-refractivity contribution in [2.24, 2.45) is 0 Å². The van der Waals surface area contributed by atoms with Gasteiger partial charge in [-0.15, -0.1) is 10.2 Å². The lowest BCUT2D eigenvalue weighted by Gasteiger charge is -2.09. The Kier molecular flexibility index (Phi) is 3.75. The number of nitrogens with one attached hydrogen (secondary N) is 2. The normalized spacial score (nSPS) is 12.1. The molecule has 0 atom stereocenters. The Labute approximate surface area is 158 Å². The van der Waals surface area contributed by atoms with Gasteiger partial charge in [0.25, 0.3) is 0 Å². The number of nitrogens with zero attached hydrogens (tertiary/aromatic N) is 4. The summed E-state index contributed by atoms with van der Waals surface area (Å²) in [4.78, 5) is 12.3. The van der Waals surface area contributed by atoms with Gasteiger partial charge < -0.3 is 20.1 Å². The summed E-state index contributed by atoms with van der Waals surface area (Å²) in [7, 11) is 0. The summed E-state index contributed by atoms with van der Waals surface area (Å²) in [6.45, 7) is 0.187. The number of aromatic nitrogens is 4. The molecule has 0 unspecified atom stereocenters. The van der Waals surface area contributed by atoms with Crippen molar-refractivity contribution in [2.75, 3.05) is 17.4 Å². The molecule has 0 radical (unpaired) electrons. The van der Waals surface area contributed by atoms with Gasteiger partial charge in [-0.25, -0.2) is 4.79 Å². The molecule has 9 heteroatoms. The maximum Gasteiger partial charge on any atom is 0.323 e. The van der Waals surface area contributed by atoms with Crippen molar-refractivity contribution in [3.05, 3.63) is 60.9 Å². The van der Waals surface area contributed by atoms with Gasteiger partial charge in [0.05, 0.1) is 5.69 Å². The first-order chi connectivity index (χ1) is 13.7. The van der Waals surface area contributed by atoms with E-state index in [-0.39, 0.29) is 12.8 Å². The monoisotopic (exact) mass is 374 g/mol. The van der Waals surface area contributed by atoms with Crippen molar-refractivity contribution in [1.82, 2.24) is 19.8 Å². The van der Waals surface area contributed by atoms with E-state index < -0.39 is 0 Å². The van der Waals surface area contributed by atoms with Crippen LogP contribution in [0, 0.1) is 0 Å². The van der Waals surface area contributed by atoms with Crippen molar-refractivity contribution in [2.45, 2.75) is 0 Å². The fourth-order valence-corrected chi connectivity index (χ4v) is 2.91. The van der Waals surface area contributed by atoms with Crippen LogP contribution in [0.2, 0.25) is 0 Å². The van der Waals surface area contributed by atoms with Gasteiger partial charge in [0.15, 0.2) is 17.1 Å². The zero-order chi connectivity index (χ0) is 18.9. The molecule has 0 fully saturated rings. The lowest BCUT2D eigenvalue weighted by Crippen LogP contribution is -2.19. The summed E-state index contributed by atoms with van der Waals surface area (Å²) in [6, 6.07) is 16.0. The maximum atomic E-state index is 12.3. The summed E-state index contributed by atoms with van der Waals surface area (Å²) >= 11 is 0. The van der Waals surface area contributed by atoms with Crippen molar-refractivity contribution in [1.29, 1.82) is 0 Å². The smallest absolute Gasteiger partial charge is 0.323 e. The summed E-state index contributed by atoms with van der Waals surface area (Å²) in [6.07, 6.45) is 1.54. The molecule has 0 aliphatic carbocycles. The van der Waals surface area contributed by atoms with Crippen molar-refractivity contribution in [3.8, 4) is 22.8 Å². The van der Waals surface area contributed by atoms with Gasteiger partial charge >= 0.3 is 6.03 Å². The first kappa shape index (κ1) is 16.1. The third-order valence-electron chi connectivity index (χ3n) is 4.21. The molecule has 28 heavy (non-hydrogen) atoms. The Bertz CT molecular complexity index is 1190. The minimum Gasteiger partial charge on any atom is -0.454 e. The zero-order valence-corrected chi connectivity index (χ0v) is 14.5. The molecule has 2 N–H and O–H groups in total. The highest BCUT2D eigenvalue weighted by atomic mass is 16.7. The standard InChI is InChI=1S/C19H14N6O3/c26-19(22-14-4-6-16-17(9-14)28-11-27-16)21-13-3-1-2-12(8-13)15-5-7-18-23-20-10-25(18)24-15/h1-10H,11H2,(H2,21,22,26). The number of urea groups is 1. The molecule has 0 saturated carbocycles. The third kappa shape index (κ3) is 3.05. The van der Waals surface area contributed by atoms with E-state index in [9.17, 15) is 4.79 Å². The second kappa shape index (κ2) is 6.54. The van der Waals surface area contributed by atoms with Gasteiger partial charge in [0.2, 0.25) is 6.79 Å². The molecule has 2 aromatic carbocycles. The molecule has 4 aromatic rings. The van der Waals surface area contributed by atoms with E-state index in [0.717, 1.165) is 11.3 Å². The average Bonchev–Trinajstić information content (AvgIpc) is 3.36. The van der Waals surface area contributed by atoms with Crippen LogP contribution < -0.4 is 20.1 Å². The Hall–Kier alpha value is -4.14. The predicted molar refractivity (Wildman–Crippen MR) is 101 cm³/mol. The second-order valence-electron chi connectivity index (χ2n) is 6.08. The quantitative estimate of drug-likeness (QED) is 0.571. The van der Waals surface area contributed by atoms with Crippen LogP contribution in [-0.2, 0) is 0 Å². The first-order valence-electron chi connectivity index (χ1n) is 8.50. The van der Waals surface area contributed by atoms with Crippen molar-refractivity contribution >= 4 is 23.1 Å². The van der Waals surface area contributed by atoms with Gasteiger partial charge in [0, 0.05) is 23.0 Å². The first-order valence-corrected chi connectivity index (χ1v) is 8.50. The third-order valence-corrected chi connectivity index (χ3v) is 4.21. The highest BCUT2D eigenvalue weighted by Crippen LogP contribution is 2.34. The van der Waals surface area contributed by atoms with E-state index in [0.29, 0.717) is 28.5 Å². The molecular weight excluding hydrogens is 360 g/mol. The molecule has 1 aliphatic heterocycles. The molecule has 5 rings (SSSR count). The van der Waals surface area contributed by atoms with Gasteiger partial charge in [0.1, 0.15) is 6.33 Å². The number of amides is 2. The molecule has 0 spiro atoms. The number of carbonyl (C=O) groups excluding carboxylic acids is 1. The van der Waals surface area contributed by atoms with E-state index in [1.54, 1.807) is 35.1 Å². The number of hydrogen-bond acceptors (Lipinski definition) is 6. The number of hydrogen-bond donors (Lipinski definition) is 2. The van der Waals surface area contributed by atoms with Gasteiger partial charge in [-0.05, 0) is 36.4 Å². The molecule has 0 saturated heterocycles. The highest BCUT2D eigenvalue weighted by Gasteiger charge is 2.14. The average molecular weight is 374 g/mol. The predicted octanol–water partition coefficient (Wildman–Crippen LogP) is 3.16. The molecule has 2 amide bonds. The fraction of sp³-hybridized carbons (Fsp3) is 0.0526. The van der Waals surface area contributed by atoms with E-state index >= 15 is 0 Å². The fourth-order valence-electron chi connectivity index (χ4n) is 2.91. The topological polar surface area (TPSA) is 103 Å². The summed E-state index contributed by atoms with van der Waals surface area (Å²) in [5, 5.41) is 17.8. The second-order valence-corrected chi connectivity index (χ2v) is 6.08. The number of carbonyl (C=O) groups is 1. The largest absolute Gasteiger partial charge is 0.454 e. The van der Waals surface area contributed by atoms with Crippen LogP contribution in [0.25, 0.3) is 16.9 Å². The summed E-state index contributed by atoms with van der Waals surface area (Å²) < 4.78 is 12.2. The van der Waals surface area contributed by atoms with Crippen LogP contribution in [-0.4, -0.2) is 32.6 Å². The SMILES string of the molecule is O=C(Nc1cccc(-c2ccc3nncn3n2)c1)Nc1ccc2c(c1)OCO2. The van der Waals surface area contributed by atoms with Crippen LogP contribution in [0.5, 0.6) is 11.5 Å². The van der Waals surface area contributed by atoms with Crippen LogP contribution in [0.4, 0.5) is 16.2 Å². The van der Waals surface area contributed by atoms with Gasteiger partial charge in [-0.2, -0.15) is 9.61 Å². The number of fused-ring (bicyclic) bond motifs is 2. The summed E-state index contributed by atoms with van der Waals surface area (Å²) in [5.74, 6) is 1.27. The Morgan fingerprint density at radius 3 is 2.75 bits per heavy atom. The van der Waals surface area contributed by atoms with Crippen LogP contribution in [0.1, 0.15) is 0 Å². The number of anilines is 2. The number of benzene rings is 2. The van der Waals surface area contributed by atoms with E-state index in [2.05, 4.69) is 25.9 Å². The van der Waals surface area contributed by atoms with Crippen molar-refractivity contribution < 1.29 is 14.3 Å². The zero-order valence-electron chi connectivity index (χ0n) is 14.5. The molecule has 1 aliphatic rings. The lowest BCUT2D eigenvalue weighted by atomic mass is 10.1. The molecule has 0 bridgehead atoms. The number of rotatable bonds is 3. The highest BCUT2D eigenvalue weighted by molar-refractivity contribution is 6.00. The molecular formula is C19H14N6O3. The van der Waals surface area contributed by atoms with E-state index in [4.69, 9.17) is 9.47 Å². The van der Waals surface area contributed by atoms with Crippen molar-refractivity contribution in [3.63, 3.8) is 0 Å². The molecule has 9 nitrogen and oxygen atoms in total. The Morgan fingerprint density at radius 1 is 0.964 bits per heavy atom.